The number of allylic oxidation sites excluding steroid dienone is 1. The van der Waals surface area contributed by atoms with Crippen LogP contribution in [0.3, 0.4) is 0 Å². The van der Waals surface area contributed by atoms with E-state index in [1.807, 2.05) is 0 Å². The summed E-state index contributed by atoms with van der Waals surface area (Å²) in [6.45, 7) is 4.88. The number of H-pyrrole nitrogens is 1. The van der Waals surface area contributed by atoms with Crippen LogP contribution >= 0.6 is 0 Å². The average molecular weight is 414 g/mol. The minimum atomic E-state index is -0.789. The molecule has 10 nitrogen and oxygen atoms in total. The standard InChI is InChI=1S/C20H22N4O6/c1-5-8-23-19(27)17(18(26)21-20(23)28)14-10-15(24(22-14)11(2)25)13-7-6-12(29-3)9-16(13)30-4/h5-7,9,15,27H,1,8,10H2,2-4H3,(H,21,26,28). The van der Waals surface area contributed by atoms with Gasteiger partial charge in [-0.2, -0.15) is 5.10 Å². The molecule has 0 radical (unpaired) electrons. The lowest BCUT2D eigenvalue weighted by atomic mass is 9.98. The van der Waals surface area contributed by atoms with E-state index in [1.54, 1.807) is 18.2 Å². The van der Waals surface area contributed by atoms with Crippen molar-refractivity contribution < 1.29 is 19.4 Å². The number of ether oxygens (including phenoxy) is 2. The highest BCUT2D eigenvalue weighted by Crippen LogP contribution is 2.39. The molecule has 2 N–H and O–H groups in total. The number of rotatable bonds is 6. The van der Waals surface area contributed by atoms with Gasteiger partial charge in [0, 0.05) is 31.5 Å². The number of hydrogen-bond donors (Lipinski definition) is 2. The fraction of sp³-hybridized carbons (Fsp3) is 0.300. The number of methoxy groups -OCH3 is 2. The Morgan fingerprint density at radius 1 is 1.37 bits per heavy atom. The molecule has 2 heterocycles. The fourth-order valence-electron chi connectivity index (χ4n) is 3.41. The fourth-order valence-corrected chi connectivity index (χ4v) is 3.41. The number of amides is 1. The predicted molar refractivity (Wildman–Crippen MR) is 109 cm³/mol. The summed E-state index contributed by atoms with van der Waals surface area (Å²) in [4.78, 5) is 38.9. The Labute approximate surface area is 171 Å². The van der Waals surface area contributed by atoms with Gasteiger partial charge in [-0.1, -0.05) is 6.08 Å². The number of nitrogens with zero attached hydrogens (tertiary/aromatic N) is 3. The summed E-state index contributed by atoms with van der Waals surface area (Å²) in [6, 6.07) is 4.58. The van der Waals surface area contributed by atoms with Crippen molar-refractivity contribution in [2.75, 3.05) is 14.2 Å². The Hall–Kier alpha value is -3.82. The lowest BCUT2D eigenvalue weighted by Gasteiger charge is -2.22. The Kier molecular flexibility index (Phi) is 5.77. The molecule has 1 unspecified atom stereocenters. The predicted octanol–water partition coefficient (Wildman–Crippen LogP) is 1.14. The number of aromatic nitrogens is 2. The smallest absolute Gasteiger partial charge is 0.331 e. The molecule has 2 aromatic rings. The first-order chi connectivity index (χ1) is 14.3. The molecule has 1 aliphatic rings. The SMILES string of the molecule is C=CCn1c(O)c(C2=NN(C(C)=O)C(c3ccc(OC)cc3OC)C2)c(=O)[nH]c1=O. The van der Waals surface area contributed by atoms with E-state index in [0.717, 1.165) is 4.57 Å². The molecule has 0 bridgehead atoms. The van der Waals surface area contributed by atoms with Crippen molar-refractivity contribution in [2.24, 2.45) is 5.10 Å². The molecule has 0 saturated carbocycles. The van der Waals surface area contributed by atoms with E-state index >= 15 is 0 Å². The Morgan fingerprint density at radius 2 is 2.10 bits per heavy atom. The van der Waals surface area contributed by atoms with E-state index in [9.17, 15) is 19.5 Å². The first kappa shape index (κ1) is 20.9. The number of carbonyl (C=O) groups is 1. The molecular formula is C20H22N4O6. The molecule has 1 aromatic carbocycles. The number of benzene rings is 1. The molecular weight excluding hydrogens is 392 g/mol. The zero-order valence-corrected chi connectivity index (χ0v) is 16.8. The van der Waals surface area contributed by atoms with E-state index in [0.29, 0.717) is 17.1 Å². The minimum absolute atomic E-state index is 0.00607. The lowest BCUT2D eigenvalue weighted by Crippen LogP contribution is -2.33. The molecule has 158 valence electrons. The molecule has 1 amide bonds. The van der Waals surface area contributed by atoms with Crippen LogP contribution in [0.5, 0.6) is 17.4 Å². The summed E-state index contributed by atoms with van der Waals surface area (Å²) in [5, 5.41) is 16.1. The van der Waals surface area contributed by atoms with Crippen LogP contribution in [0.2, 0.25) is 0 Å². The van der Waals surface area contributed by atoms with E-state index in [1.165, 1.54) is 32.2 Å². The molecule has 30 heavy (non-hydrogen) atoms. The van der Waals surface area contributed by atoms with Crippen LogP contribution < -0.4 is 20.7 Å². The number of nitrogens with one attached hydrogen (secondary N) is 1. The van der Waals surface area contributed by atoms with Crippen molar-refractivity contribution in [1.29, 1.82) is 0 Å². The largest absolute Gasteiger partial charge is 0.497 e. The van der Waals surface area contributed by atoms with Crippen LogP contribution in [-0.2, 0) is 11.3 Å². The highest BCUT2D eigenvalue weighted by atomic mass is 16.5. The maximum atomic E-state index is 12.5. The highest BCUT2D eigenvalue weighted by Gasteiger charge is 2.36. The second-order valence-electron chi connectivity index (χ2n) is 6.60. The second kappa shape index (κ2) is 8.27. The third kappa shape index (κ3) is 3.59. The van der Waals surface area contributed by atoms with Crippen LogP contribution in [0, 0.1) is 0 Å². The van der Waals surface area contributed by atoms with Gasteiger partial charge >= 0.3 is 5.69 Å². The van der Waals surface area contributed by atoms with E-state index in [4.69, 9.17) is 9.47 Å². The third-order valence-corrected chi connectivity index (χ3v) is 4.80. The van der Waals surface area contributed by atoms with Gasteiger partial charge in [0.1, 0.15) is 17.1 Å². The van der Waals surface area contributed by atoms with Crippen LogP contribution in [-0.4, -0.2) is 45.5 Å². The second-order valence-corrected chi connectivity index (χ2v) is 6.60. The first-order valence-corrected chi connectivity index (χ1v) is 9.08. The molecule has 10 heteroatoms. The number of carbonyl (C=O) groups excluding carboxylic acids is 1. The molecule has 0 saturated heterocycles. The number of hydrogen-bond acceptors (Lipinski definition) is 7. The van der Waals surface area contributed by atoms with Crippen LogP contribution in [0.25, 0.3) is 0 Å². The Bertz CT molecular complexity index is 1150. The highest BCUT2D eigenvalue weighted by molar-refractivity contribution is 6.04. The molecule has 3 rings (SSSR count). The molecule has 1 aliphatic heterocycles. The molecule has 1 aromatic heterocycles. The van der Waals surface area contributed by atoms with Crippen molar-refractivity contribution in [3.05, 3.63) is 62.8 Å². The zero-order chi connectivity index (χ0) is 22.0. The van der Waals surface area contributed by atoms with E-state index in [2.05, 4.69) is 16.7 Å². The molecule has 1 atom stereocenters. The minimum Gasteiger partial charge on any atom is -0.497 e. The summed E-state index contributed by atoms with van der Waals surface area (Å²) in [6.07, 6.45) is 1.54. The summed E-state index contributed by atoms with van der Waals surface area (Å²) in [7, 11) is 3.02. The monoisotopic (exact) mass is 414 g/mol. The van der Waals surface area contributed by atoms with Gasteiger partial charge in [-0.05, 0) is 12.1 Å². The topological polar surface area (TPSA) is 126 Å². The van der Waals surface area contributed by atoms with Gasteiger partial charge in [0.25, 0.3) is 5.56 Å². The maximum Gasteiger partial charge on any atom is 0.331 e. The summed E-state index contributed by atoms with van der Waals surface area (Å²) in [5.74, 6) is 0.169. The summed E-state index contributed by atoms with van der Waals surface area (Å²) >= 11 is 0. The number of hydrazone groups is 1. The van der Waals surface area contributed by atoms with Crippen molar-refractivity contribution in [3.63, 3.8) is 0 Å². The van der Waals surface area contributed by atoms with Gasteiger partial charge in [-0.25, -0.2) is 9.80 Å². The Morgan fingerprint density at radius 3 is 2.70 bits per heavy atom. The third-order valence-electron chi connectivity index (χ3n) is 4.80. The van der Waals surface area contributed by atoms with E-state index < -0.39 is 23.2 Å². The van der Waals surface area contributed by atoms with Crippen molar-refractivity contribution in [1.82, 2.24) is 14.6 Å². The van der Waals surface area contributed by atoms with Crippen molar-refractivity contribution in [2.45, 2.75) is 25.9 Å². The van der Waals surface area contributed by atoms with Crippen molar-refractivity contribution in [3.8, 4) is 17.4 Å². The Balaban J connectivity index is 2.11. The zero-order valence-electron chi connectivity index (χ0n) is 16.8. The number of aromatic amines is 1. The van der Waals surface area contributed by atoms with E-state index in [-0.39, 0.29) is 30.1 Å². The first-order valence-electron chi connectivity index (χ1n) is 9.08. The average Bonchev–Trinajstić information content (AvgIpc) is 3.15. The lowest BCUT2D eigenvalue weighted by molar-refractivity contribution is -0.130. The van der Waals surface area contributed by atoms with Gasteiger partial charge in [0.05, 0.1) is 26.0 Å². The van der Waals surface area contributed by atoms with Crippen LogP contribution in [0.1, 0.15) is 30.5 Å². The van der Waals surface area contributed by atoms with Gasteiger partial charge in [-0.15, -0.1) is 6.58 Å². The molecule has 0 spiro atoms. The molecule has 0 fully saturated rings. The normalized spacial score (nSPS) is 15.6. The van der Waals surface area contributed by atoms with Gasteiger partial charge in [0.2, 0.25) is 11.8 Å². The molecule has 0 aliphatic carbocycles. The quantitative estimate of drug-likeness (QED) is 0.683. The van der Waals surface area contributed by atoms with Crippen molar-refractivity contribution >= 4 is 11.6 Å². The van der Waals surface area contributed by atoms with Crippen LogP contribution in [0.15, 0.2) is 45.5 Å². The van der Waals surface area contributed by atoms with Crippen LogP contribution in [0.4, 0.5) is 0 Å². The maximum absolute atomic E-state index is 12.5. The van der Waals surface area contributed by atoms with Gasteiger partial charge in [0.15, 0.2) is 0 Å². The summed E-state index contributed by atoms with van der Waals surface area (Å²) < 4.78 is 11.6. The number of aromatic hydroxyl groups is 1. The van der Waals surface area contributed by atoms with Gasteiger partial charge < -0.3 is 14.6 Å². The summed E-state index contributed by atoms with van der Waals surface area (Å²) in [5.41, 5.74) is -0.899. The van der Waals surface area contributed by atoms with Gasteiger partial charge in [-0.3, -0.25) is 19.1 Å².